The molecule has 0 aliphatic carbocycles. The SMILES string of the molecule is CNC(=O)c1c(-c2ccc(Cl)cc2)oc2nc(N(CCCCCS(C)(=O)=O)[SH](=O)=O)c(I)cc12. The summed E-state index contributed by atoms with van der Waals surface area (Å²) in [6.07, 6.45) is 2.63. The van der Waals surface area contributed by atoms with E-state index in [1.165, 1.54) is 13.3 Å². The number of thiol groups is 1. The molecule has 2 aromatic heterocycles. The monoisotopic (exact) mass is 639 g/mol. The van der Waals surface area contributed by atoms with Crippen LogP contribution in [0, 0.1) is 3.57 Å². The molecule has 0 aliphatic heterocycles. The van der Waals surface area contributed by atoms with Gasteiger partial charge in [0.25, 0.3) is 5.91 Å². The number of carbonyl (C=O) groups is 1. The average molecular weight is 640 g/mol. The number of hydrogen-bond donors (Lipinski definition) is 2. The zero-order valence-electron chi connectivity index (χ0n) is 18.4. The van der Waals surface area contributed by atoms with Crippen molar-refractivity contribution in [3.05, 3.63) is 44.5 Å². The lowest BCUT2D eigenvalue weighted by molar-refractivity contribution is 0.0964. The van der Waals surface area contributed by atoms with Crippen LogP contribution in [0.1, 0.15) is 29.6 Å². The topological polar surface area (TPSA) is 127 Å². The maximum absolute atomic E-state index is 12.7. The smallest absolute Gasteiger partial charge is 0.255 e. The van der Waals surface area contributed by atoms with Crippen LogP contribution in [-0.2, 0) is 20.7 Å². The Labute approximate surface area is 218 Å². The number of aromatic nitrogens is 1. The number of unbranched alkanes of at least 4 members (excludes halogenated alkanes) is 2. The average Bonchev–Trinajstić information content (AvgIpc) is 3.13. The van der Waals surface area contributed by atoms with Gasteiger partial charge in [0.15, 0.2) is 5.82 Å². The van der Waals surface area contributed by atoms with Crippen molar-refractivity contribution in [2.45, 2.75) is 19.3 Å². The Morgan fingerprint density at radius 2 is 1.88 bits per heavy atom. The van der Waals surface area contributed by atoms with Crippen molar-refractivity contribution in [3.63, 3.8) is 0 Å². The Bertz CT molecular complexity index is 1380. The molecule has 3 aromatic rings. The van der Waals surface area contributed by atoms with E-state index in [-0.39, 0.29) is 35.3 Å². The normalized spacial score (nSPS) is 11.8. The highest BCUT2D eigenvalue weighted by Crippen LogP contribution is 2.36. The second kappa shape index (κ2) is 11.2. The number of pyridine rings is 1. The van der Waals surface area contributed by atoms with Crippen LogP contribution in [0.5, 0.6) is 0 Å². The maximum Gasteiger partial charge on any atom is 0.255 e. The van der Waals surface area contributed by atoms with Gasteiger partial charge in [-0.3, -0.25) is 9.10 Å². The Hall–Kier alpha value is -1.90. The van der Waals surface area contributed by atoms with E-state index >= 15 is 0 Å². The highest BCUT2D eigenvalue weighted by Gasteiger charge is 2.25. The first-order chi connectivity index (χ1) is 16.0. The number of nitrogens with one attached hydrogen (secondary N) is 1. The van der Waals surface area contributed by atoms with E-state index in [1.807, 2.05) is 22.6 Å². The zero-order chi connectivity index (χ0) is 25.0. The number of amides is 1. The number of anilines is 1. The minimum Gasteiger partial charge on any atom is -0.437 e. The first-order valence-electron chi connectivity index (χ1n) is 10.2. The number of furan rings is 1. The predicted molar refractivity (Wildman–Crippen MR) is 142 cm³/mol. The lowest BCUT2D eigenvalue weighted by Gasteiger charge is -2.17. The summed E-state index contributed by atoms with van der Waals surface area (Å²) in [6, 6.07) is 8.45. The lowest BCUT2D eigenvalue weighted by atomic mass is 10.1. The molecule has 0 fully saturated rings. The minimum atomic E-state index is -3.06. The largest absolute Gasteiger partial charge is 0.437 e. The number of nitrogens with zero attached hydrogens (tertiary/aromatic N) is 2. The van der Waals surface area contributed by atoms with Crippen LogP contribution in [0.3, 0.4) is 0 Å². The van der Waals surface area contributed by atoms with Crippen LogP contribution in [0.15, 0.2) is 34.7 Å². The molecule has 184 valence electrons. The van der Waals surface area contributed by atoms with Crippen LogP contribution in [0.4, 0.5) is 5.82 Å². The molecular formula is C21H23ClIN3O6S2. The van der Waals surface area contributed by atoms with Crippen molar-refractivity contribution in [1.29, 1.82) is 0 Å². The molecule has 1 aromatic carbocycles. The van der Waals surface area contributed by atoms with E-state index in [9.17, 15) is 21.6 Å². The lowest BCUT2D eigenvalue weighted by Crippen LogP contribution is -2.24. The minimum absolute atomic E-state index is 0.0559. The molecule has 2 heterocycles. The van der Waals surface area contributed by atoms with Crippen molar-refractivity contribution < 1.29 is 26.0 Å². The summed E-state index contributed by atoms with van der Waals surface area (Å²) in [4.78, 5) is 17.1. The highest BCUT2D eigenvalue weighted by molar-refractivity contribution is 14.1. The first kappa shape index (κ1) is 26.7. The Balaban J connectivity index is 1.99. The molecule has 34 heavy (non-hydrogen) atoms. The van der Waals surface area contributed by atoms with Gasteiger partial charge in [-0.2, -0.15) is 4.98 Å². The van der Waals surface area contributed by atoms with Gasteiger partial charge in [0.05, 0.1) is 14.5 Å². The molecule has 0 unspecified atom stereocenters. The van der Waals surface area contributed by atoms with Gasteiger partial charge in [0.1, 0.15) is 15.6 Å². The molecule has 0 spiro atoms. The summed E-state index contributed by atoms with van der Waals surface area (Å²) in [5.41, 5.74) is 1.03. The van der Waals surface area contributed by atoms with Crippen molar-refractivity contribution in [2.75, 3.05) is 29.9 Å². The van der Waals surface area contributed by atoms with Crippen molar-refractivity contribution >= 4 is 77.7 Å². The maximum atomic E-state index is 12.7. The van der Waals surface area contributed by atoms with Crippen LogP contribution in [0.2, 0.25) is 5.02 Å². The van der Waals surface area contributed by atoms with Crippen molar-refractivity contribution in [1.82, 2.24) is 10.3 Å². The van der Waals surface area contributed by atoms with Gasteiger partial charge in [-0.25, -0.2) is 16.8 Å². The Morgan fingerprint density at radius 1 is 1.21 bits per heavy atom. The third-order valence-corrected chi connectivity index (χ3v) is 7.86. The van der Waals surface area contributed by atoms with E-state index < -0.39 is 20.7 Å². The van der Waals surface area contributed by atoms with Crippen LogP contribution >= 0.6 is 34.2 Å². The first-order valence-corrected chi connectivity index (χ1v) is 14.9. The van der Waals surface area contributed by atoms with Gasteiger partial charge in [-0.05, 0) is 65.8 Å². The number of rotatable bonds is 10. The Kier molecular flexibility index (Phi) is 8.82. The second-order valence-electron chi connectivity index (χ2n) is 7.59. The highest BCUT2D eigenvalue weighted by atomic mass is 127. The molecule has 0 bridgehead atoms. The molecule has 13 heteroatoms. The Morgan fingerprint density at radius 3 is 2.47 bits per heavy atom. The number of carbonyl (C=O) groups excluding carboxylic acids is 1. The van der Waals surface area contributed by atoms with Gasteiger partial charge >= 0.3 is 0 Å². The summed E-state index contributed by atoms with van der Waals surface area (Å²) < 4.78 is 54.2. The summed E-state index contributed by atoms with van der Waals surface area (Å²) in [7, 11) is -4.56. The fourth-order valence-electron chi connectivity index (χ4n) is 3.39. The number of fused-ring (bicyclic) bond motifs is 1. The number of halogens is 2. The molecule has 1 N–H and O–H groups in total. The fraction of sp³-hybridized carbons (Fsp3) is 0.333. The number of benzene rings is 1. The zero-order valence-corrected chi connectivity index (χ0v) is 23.0. The van der Waals surface area contributed by atoms with Gasteiger partial charge in [0, 0.05) is 36.2 Å². The van der Waals surface area contributed by atoms with Crippen molar-refractivity contribution in [3.8, 4) is 11.3 Å². The van der Waals surface area contributed by atoms with E-state index in [0.717, 1.165) is 4.31 Å². The summed E-state index contributed by atoms with van der Waals surface area (Å²) >= 11 is 7.96. The molecule has 0 radical (unpaired) electrons. The molecule has 0 saturated heterocycles. The molecule has 0 aliphatic rings. The molecule has 3 rings (SSSR count). The van der Waals surface area contributed by atoms with Gasteiger partial charge in [0.2, 0.25) is 16.6 Å². The quantitative estimate of drug-likeness (QED) is 0.197. The molecule has 0 atom stereocenters. The summed E-state index contributed by atoms with van der Waals surface area (Å²) in [5, 5.41) is 3.58. The summed E-state index contributed by atoms with van der Waals surface area (Å²) in [6.45, 7) is 0.143. The second-order valence-corrected chi connectivity index (χ2v) is 12.4. The van der Waals surface area contributed by atoms with Gasteiger partial charge in [-0.1, -0.05) is 18.0 Å². The van der Waals surface area contributed by atoms with Gasteiger partial charge in [-0.15, -0.1) is 0 Å². The van der Waals surface area contributed by atoms with Gasteiger partial charge < -0.3 is 9.73 Å². The van der Waals surface area contributed by atoms with Crippen LogP contribution in [-0.4, -0.2) is 53.3 Å². The number of hydrogen-bond acceptors (Lipinski definition) is 7. The predicted octanol–water partition coefficient (Wildman–Crippen LogP) is 3.66. The fourth-order valence-corrected chi connectivity index (χ4v) is 5.77. The van der Waals surface area contributed by atoms with Crippen LogP contribution < -0.4 is 9.62 Å². The summed E-state index contributed by atoms with van der Waals surface area (Å²) in [5.74, 6) is 0.171. The van der Waals surface area contributed by atoms with E-state index in [2.05, 4.69) is 10.3 Å². The van der Waals surface area contributed by atoms with Crippen LogP contribution in [0.25, 0.3) is 22.4 Å². The molecule has 1 amide bonds. The molecule has 0 saturated carbocycles. The van der Waals surface area contributed by atoms with E-state index in [4.69, 9.17) is 16.0 Å². The van der Waals surface area contributed by atoms with E-state index in [1.54, 1.807) is 30.3 Å². The standard InChI is InChI=1S/C21H23ClIN3O6S2/c1-24-20(27)17-15-12-16(23)19(26(33(28)29)10-4-3-5-11-34(2,30)31)25-21(15)32-18(17)13-6-8-14(22)9-7-13/h6-9,12,33H,3-5,10-11H2,1-2H3,(H,24,27). The third kappa shape index (κ3) is 6.40. The third-order valence-electron chi connectivity index (χ3n) is 5.00. The molecular weight excluding hydrogens is 617 g/mol. The number of sulfone groups is 1. The molecule has 9 nitrogen and oxygen atoms in total. The van der Waals surface area contributed by atoms with E-state index in [0.29, 0.717) is 44.6 Å². The van der Waals surface area contributed by atoms with Crippen molar-refractivity contribution in [2.24, 2.45) is 0 Å².